The van der Waals surface area contributed by atoms with Crippen LogP contribution in [0.3, 0.4) is 0 Å². The molecule has 1 aliphatic rings. The van der Waals surface area contributed by atoms with Gasteiger partial charge in [0.25, 0.3) is 0 Å². The van der Waals surface area contributed by atoms with E-state index in [4.69, 9.17) is 9.26 Å². The van der Waals surface area contributed by atoms with E-state index in [9.17, 15) is 0 Å². The molecule has 0 amide bonds. The highest BCUT2D eigenvalue weighted by Crippen LogP contribution is 2.23. The first kappa shape index (κ1) is 9.45. The average molecular weight is 197 g/mol. The Morgan fingerprint density at radius 2 is 2.36 bits per heavy atom. The number of hydrogen-bond donors (Lipinski definition) is 1. The highest BCUT2D eigenvalue weighted by Gasteiger charge is 2.23. The molecule has 1 aromatic heterocycles. The SMILES string of the molecule is CC(C)Nc1nc(C2CCOC2)no1. The zero-order chi connectivity index (χ0) is 9.97. The van der Waals surface area contributed by atoms with Gasteiger partial charge in [0.1, 0.15) is 0 Å². The van der Waals surface area contributed by atoms with Gasteiger partial charge in [-0.15, -0.1) is 0 Å². The summed E-state index contributed by atoms with van der Waals surface area (Å²) in [6, 6.07) is 0.810. The van der Waals surface area contributed by atoms with Crippen molar-refractivity contribution in [1.82, 2.24) is 10.1 Å². The molecule has 5 heteroatoms. The normalized spacial score (nSPS) is 21.8. The van der Waals surface area contributed by atoms with E-state index in [1.807, 2.05) is 13.8 Å². The first-order valence-electron chi connectivity index (χ1n) is 4.93. The van der Waals surface area contributed by atoms with Crippen LogP contribution in [-0.4, -0.2) is 29.4 Å². The second-order valence-electron chi connectivity index (χ2n) is 3.82. The van der Waals surface area contributed by atoms with Crippen LogP contribution in [0.4, 0.5) is 6.01 Å². The second-order valence-corrected chi connectivity index (χ2v) is 3.82. The zero-order valence-corrected chi connectivity index (χ0v) is 8.49. The van der Waals surface area contributed by atoms with E-state index in [1.165, 1.54) is 0 Å². The second kappa shape index (κ2) is 3.96. The Kier molecular flexibility index (Phi) is 2.67. The molecule has 1 fully saturated rings. The number of rotatable bonds is 3. The molecular formula is C9H15N3O2. The molecule has 14 heavy (non-hydrogen) atoms. The Hall–Kier alpha value is -1.10. The van der Waals surface area contributed by atoms with Crippen LogP contribution in [0.5, 0.6) is 0 Å². The molecule has 78 valence electrons. The largest absolute Gasteiger partial charge is 0.381 e. The molecule has 0 spiro atoms. The van der Waals surface area contributed by atoms with E-state index in [-0.39, 0.29) is 0 Å². The van der Waals surface area contributed by atoms with E-state index in [0.29, 0.717) is 24.6 Å². The van der Waals surface area contributed by atoms with Crippen LogP contribution in [0.1, 0.15) is 32.0 Å². The topological polar surface area (TPSA) is 60.2 Å². The van der Waals surface area contributed by atoms with Crippen LogP contribution in [0.15, 0.2) is 4.52 Å². The quantitative estimate of drug-likeness (QED) is 0.793. The van der Waals surface area contributed by atoms with Crippen molar-refractivity contribution in [3.63, 3.8) is 0 Å². The van der Waals surface area contributed by atoms with Crippen LogP contribution in [0, 0.1) is 0 Å². The highest BCUT2D eigenvalue weighted by molar-refractivity contribution is 5.20. The summed E-state index contributed by atoms with van der Waals surface area (Å²) < 4.78 is 10.3. The summed E-state index contributed by atoms with van der Waals surface area (Å²) in [5, 5.41) is 6.99. The van der Waals surface area contributed by atoms with Gasteiger partial charge in [0.05, 0.1) is 6.61 Å². The lowest BCUT2D eigenvalue weighted by Crippen LogP contribution is -2.10. The van der Waals surface area contributed by atoms with E-state index in [1.54, 1.807) is 0 Å². The minimum Gasteiger partial charge on any atom is -0.381 e. The van der Waals surface area contributed by atoms with Crippen LogP contribution in [0.2, 0.25) is 0 Å². The van der Waals surface area contributed by atoms with Crippen LogP contribution in [-0.2, 0) is 4.74 Å². The first-order chi connectivity index (χ1) is 6.75. The van der Waals surface area contributed by atoms with Gasteiger partial charge in [-0.25, -0.2) is 0 Å². The Bertz CT molecular complexity index is 292. The number of ether oxygens (including phenoxy) is 1. The Balaban J connectivity index is 2.01. The molecule has 1 aliphatic heterocycles. The lowest BCUT2D eigenvalue weighted by molar-refractivity contribution is 0.192. The summed E-state index contributed by atoms with van der Waals surface area (Å²) in [6.45, 7) is 5.57. The van der Waals surface area contributed by atoms with Crippen molar-refractivity contribution in [2.45, 2.75) is 32.2 Å². The molecule has 0 aliphatic carbocycles. The first-order valence-corrected chi connectivity index (χ1v) is 4.93. The van der Waals surface area contributed by atoms with E-state index >= 15 is 0 Å². The monoisotopic (exact) mass is 197 g/mol. The third-order valence-corrected chi connectivity index (χ3v) is 2.15. The average Bonchev–Trinajstić information content (AvgIpc) is 2.69. The Morgan fingerprint density at radius 3 is 3.00 bits per heavy atom. The van der Waals surface area contributed by atoms with Gasteiger partial charge in [-0.05, 0) is 20.3 Å². The maximum absolute atomic E-state index is 5.26. The Labute approximate surface area is 82.8 Å². The third-order valence-electron chi connectivity index (χ3n) is 2.15. The predicted molar refractivity (Wildman–Crippen MR) is 51.2 cm³/mol. The molecule has 0 saturated carbocycles. The molecule has 1 N–H and O–H groups in total. The summed E-state index contributed by atoms with van der Waals surface area (Å²) in [5.74, 6) is 1.06. The summed E-state index contributed by atoms with van der Waals surface area (Å²) in [4.78, 5) is 4.26. The van der Waals surface area contributed by atoms with Crippen molar-refractivity contribution < 1.29 is 9.26 Å². The maximum atomic E-state index is 5.26. The summed E-state index contributed by atoms with van der Waals surface area (Å²) in [5.41, 5.74) is 0. The minimum atomic E-state index is 0.307. The predicted octanol–water partition coefficient (Wildman–Crippen LogP) is 1.39. The molecule has 0 aromatic carbocycles. The molecular weight excluding hydrogens is 182 g/mol. The molecule has 2 heterocycles. The molecule has 1 aromatic rings. The van der Waals surface area contributed by atoms with Gasteiger partial charge in [-0.3, -0.25) is 0 Å². The molecule has 1 unspecified atom stereocenters. The van der Waals surface area contributed by atoms with Gasteiger partial charge < -0.3 is 14.6 Å². The maximum Gasteiger partial charge on any atom is 0.321 e. The fourth-order valence-corrected chi connectivity index (χ4v) is 1.44. The van der Waals surface area contributed by atoms with Crippen LogP contribution >= 0.6 is 0 Å². The summed E-state index contributed by atoms with van der Waals surface area (Å²) >= 11 is 0. The van der Waals surface area contributed by atoms with Gasteiger partial charge in [-0.2, -0.15) is 4.98 Å². The zero-order valence-electron chi connectivity index (χ0n) is 8.49. The number of anilines is 1. The lowest BCUT2D eigenvalue weighted by atomic mass is 10.1. The van der Waals surface area contributed by atoms with Gasteiger partial charge >= 0.3 is 6.01 Å². The molecule has 5 nitrogen and oxygen atoms in total. The van der Waals surface area contributed by atoms with E-state index < -0.39 is 0 Å². The molecule has 0 bridgehead atoms. The van der Waals surface area contributed by atoms with Crippen LogP contribution < -0.4 is 5.32 Å². The molecule has 1 atom stereocenters. The van der Waals surface area contributed by atoms with E-state index in [2.05, 4.69) is 15.5 Å². The van der Waals surface area contributed by atoms with E-state index in [0.717, 1.165) is 18.9 Å². The minimum absolute atomic E-state index is 0.307. The fourth-order valence-electron chi connectivity index (χ4n) is 1.44. The van der Waals surface area contributed by atoms with Gasteiger partial charge in [0, 0.05) is 18.6 Å². The Morgan fingerprint density at radius 1 is 1.50 bits per heavy atom. The van der Waals surface area contributed by atoms with Gasteiger partial charge in [0.15, 0.2) is 5.82 Å². The molecule has 0 radical (unpaired) electrons. The highest BCUT2D eigenvalue weighted by atomic mass is 16.5. The van der Waals surface area contributed by atoms with Gasteiger partial charge in [-0.1, -0.05) is 5.16 Å². The van der Waals surface area contributed by atoms with Crippen molar-refractivity contribution in [3.8, 4) is 0 Å². The smallest absolute Gasteiger partial charge is 0.321 e. The summed E-state index contributed by atoms with van der Waals surface area (Å²) in [7, 11) is 0. The number of nitrogens with one attached hydrogen (secondary N) is 1. The van der Waals surface area contributed by atoms with Crippen molar-refractivity contribution in [2.24, 2.45) is 0 Å². The fraction of sp³-hybridized carbons (Fsp3) is 0.778. The van der Waals surface area contributed by atoms with Gasteiger partial charge in [0.2, 0.25) is 0 Å². The van der Waals surface area contributed by atoms with Crippen molar-refractivity contribution in [3.05, 3.63) is 5.82 Å². The van der Waals surface area contributed by atoms with Crippen molar-refractivity contribution in [1.29, 1.82) is 0 Å². The standard InChI is InChI=1S/C9H15N3O2/c1-6(2)10-9-11-8(12-14-9)7-3-4-13-5-7/h6-7H,3-5H2,1-2H3,(H,10,11,12). The molecule has 2 rings (SSSR count). The summed E-state index contributed by atoms with van der Waals surface area (Å²) in [6.07, 6.45) is 0.987. The third kappa shape index (κ3) is 2.04. The lowest BCUT2D eigenvalue weighted by Gasteiger charge is -2.02. The number of nitrogens with zero attached hydrogens (tertiary/aromatic N) is 2. The molecule has 1 saturated heterocycles. The number of hydrogen-bond acceptors (Lipinski definition) is 5. The van der Waals surface area contributed by atoms with Crippen molar-refractivity contribution >= 4 is 6.01 Å². The number of aromatic nitrogens is 2. The van der Waals surface area contributed by atoms with Crippen molar-refractivity contribution in [2.75, 3.05) is 18.5 Å². The van der Waals surface area contributed by atoms with Crippen LogP contribution in [0.25, 0.3) is 0 Å².